The van der Waals surface area contributed by atoms with Gasteiger partial charge < -0.3 is 10.6 Å². The van der Waals surface area contributed by atoms with Gasteiger partial charge in [0.15, 0.2) is 4.34 Å². The van der Waals surface area contributed by atoms with E-state index in [1.165, 1.54) is 35.9 Å². The molecule has 1 saturated carbocycles. The van der Waals surface area contributed by atoms with E-state index in [9.17, 15) is 4.79 Å². The summed E-state index contributed by atoms with van der Waals surface area (Å²) in [5, 5.41) is 15.5. The van der Waals surface area contributed by atoms with Crippen molar-refractivity contribution in [2.45, 2.75) is 35.4 Å². The normalized spacial score (nSPS) is 15.4. The Morgan fingerprint density at radius 1 is 1.45 bits per heavy atom. The number of thioether (sulfide) groups is 1. The molecule has 0 saturated heterocycles. The molecule has 1 aromatic heterocycles. The Kier molecular flexibility index (Phi) is 4.85. The van der Waals surface area contributed by atoms with Gasteiger partial charge in [0, 0.05) is 16.8 Å². The number of rotatable bonds is 6. The molecule has 3 rings (SSSR count). The van der Waals surface area contributed by atoms with Gasteiger partial charge in [-0.3, -0.25) is 4.79 Å². The molecule has 5 nitrogen and oxygen atoms in total. The van der Waals surface area contributed by atoms with E-state index >= 15 is 0 Å². The summed E-state index contributed by atoms with van der Waals surface area (Å²) in [6.07, 6.45) is 2.39. The molecule has 1 aromatic carbocycles. The highest BCUT2D eigenvalue weighted by molar-refractivity contribution is 8.02. The summed E-state index contributed by atoms with van der Waals surface area (Å²) in [5.74, 6) is -0.0841. The van der Waals surface area contributed by atoms with Crippen LogP contribution in [0.4, 0.5) is 10.8 Å². The highest BCUT2D eigenvalue weighted by Crippen LogP contribution is 2.32. The average Bonchev–Trinajstić information content (AvgIpc) is 3.18. The van der Waals surface area contributed by atoms with E-state index in [0.29, 0.717) is 16.8 Å². The van der Waals surface area contributed by atoms with E-state index in [2.05, 4.69) is 20.8 Å². The fraction of sp³-hybridized carbons (Fsp3) is 0.357. The molecule has 0 unspecified atom stereocenters. The number of amides is 1. The first-order valence-electron chi connectivity index (χ1n) is 6.93. The van der Waals surface area contributed by atoms with E-state index in [4.69, 9.17) is 11.6 Å². The van der Waals surface area contributed by atoms with Crippen molar-refractivity contribution in [2.24, 2.45) is 0 Å². The molecule has 22 heavy (non-hydrogen) atoms. The Morgan fingerprint density at radius 2 is 2.27 bits per heavy atom. The molecular weight excluding hydrogens is 340 g/mol. The number of aromatic nitrogens is 2. The Balaban J connectivity index is 1.55. The van der Waals surface area contributed by atoms with Gasteiger partial charge in [-0.15, -0.1) is 10.2 Å². The van der Waals surface area contributed by atoms with Crippen LogP contribution in [-0.2, 0) is 4.79 Å². The van der Waals surface area contributed by atoms with Crippen LogP contribution < -0.4 is 10.6 Å². The number of nitrogens with one attached hydrogen (secondary N) is 2. The molecule has 1 amide bonds. The molecule has 8 heteroatoms. The second-order valence-corrected chi connectivity index (χ2v) is 8.05. The molecule has 1 heterocycles. The van der Waals surface area contributed by atoms with Gasteiger partial charge in [-0.05, 0) is 38.0 Å². The summed E-state index contributed by atoms with van der Waals surface area (Å²) in [6.45, 7) is 1.85. The van der Waals surface area contributed by atoms with Gasteiger partial charge in [-0.2, -0.15) is 0 Å². The maximum Gasteiger partial charge on any atom is 0.237 e. The van der Waals surface area contributed by atoms with Crippen molar-refractivity contribution in [3.8, 4) is 0 Å². The zero-order chi connectivity index (χ0) is 15.5. The molecule has 2 aromatic rings. The van der Waals surface area contributed by atoms with Crippen molar-refractivity contribution in [3.05, 3.63) is 29.3 Å². The molecule has 116 valence electrons. The van der Waals surface area contributed by atoms with Crippen LogP contribution in [0.15, 0.2) is 28.6 Å². The van der Waals surface area contributed by atoms with E-state index in [-0.39, 0.29) is 11.2 Å². The van der Waals surface area contributed by atoms with Gasteiger partial charge in [0.1, 0.15) is 0 Å². The molecule has 0 radical (unpaired) electrons. The summed E-state index contributed by atoms with van der Waals surface area (Å²) >= 11 is 8.79. The van der Waals surface area contributed by atoms with Crippen LogP contribution in [0.25, 0.3) is 0 Å². The number of benzene rings is 1. The van der Waals surface area contributed by atoms with Crippen molar-refractivity contribution in [2.75, 3.05) is 10.6 Å². The fourth-order valence-electron chi connectivity index (χ4n) is 1.73. The number of hydrogen-bond acceptors (Lipinski definition) is 6. The van der Waals surface area contributed by atoms with Crippen molar-refractivity contribution >= 4 is 51.4 Å². The van der Waals surface area contributed by atoms with Crippen molar-refractivity contribution in [1.82, 2.24) is 10.2 Å². The lowest BCUT2D eigenvalue weighted by Crippen LogP contribution is -2.22. The van der Waals surface area contributed by atoms with Gasteiger partial charge in [0.05, 0.1) is 5.25 Å². The standard InChI is InChI=1S/C14H15ClN4OS2/c1-8(12(20)16-11-4-2-3-9(15)7-11)21-14-19-18-13(22-14)17-10-5-6-10/h2-4,7-8,10H,5-6H2,1H3,(H,16,20)(H,17,18)/t8-/m1/s1. The number of halogens is 1. The van der Waals surface area contributed by atoms with Gasteiger partial charge in [-0.1, -0.05) is 40.8 Å². The molecule has 2 N–H and O–H groups in total. The largest absolute Gasteiger partial charge is 0.357 e. The second kappa shape index (κ2) is 6.85. The first-order valence-corrected chi connectivity index (χ1v) is 9.01. The second-order valence-electron chi connectivity index (χ2n) is 5.05. The molecule has 1 fully saturated rings. The molecule has 1 aliphatic rings. The van der Waals surface area contributed by atoms with Crippen molar-refractivity contribution in [1.29, 1.82) is 0 Å². The predicted octanol–water partition coefficient (Wildman–Crippen LogP) is 3.89. The number of carbonyl (C=O) groups excluding carboxylic acids is 1. The van der Waals surface area contributed by atoms with Gasteiger partial charge in [0.25, 0.3) is 0 Å². The van der Waals surface area contributed by atoms with Crippen LogP contribution >= 0.6 is 34.7 Å². The Labute approximate surface area is 141 Å². The Hall–Kier alpha value is -1.31. The highest BCUT2D eigenvalue weighted by atomic mass is 35.5. The first kappa shape index (κ1) is 15.6. The fourth-order valence-corrected chi connectivity index (χ4v) is 3.90. The van der Waals surface area contributed by atoms with E-state index in [0.717, 1.165) is 9.47 Å². The quantitative estimate of drug-likeness (QED) is 0.770. The topological polar surface area (TPSA) is 66.9 Å². The molecule has 0 spiro atoms. The van der Waals surface area contributed by atoms with Crippen LogP contribution in [0.3, 0.4) is 0 Å². The zero-order valence-corrected chi connectivity index (χ0v) is 14.3. The van der Waals surface area contributed by atoms with Gasteiger partial charge in [0.2, 0.25) is 11.0 Å². The molecule has 1 atom stereocenters. The van der Waals surface area contributed by atoms with Crippen LogP contribution in [-0.4, -0.2) is 27.4 Å². The van der Waals surface area contributed by atoms with Gasteiger partial charge in [-0.25, -0.2) is 0 Å². The summed E-state index contributed by atoms with van der Waals surface area (Å²) in [4.78, 5) is 12.2. The van der Waals surface area contributed by atoms with E-state index in [1.54, 1.807) is 18.2 Å². The van der Waals surface area contributed by atoms with Crippen LogP contribution in [0, 0.1) is 0 Å². The minimum absolute atomic E-state index is 0.0841. The highest BCUT2D eigenvalue weighted by Gasteiger charge is 2.23. The average molecular weight is 355 g/mol. The SMILES string of the molecule is C[C@@H](Sc1nnc(NC2CC2)s1)C(=O)Nc1cccc(Cl)c1. The van der Waals surface area contributed by atoms with E-state index in [1.807, 2.05) is 13.0 Å². The number of carbonyl (C=O) groups is 1. The number of hydrogen-bond donors (Lipinski definition) is 2. The monoisotopic (exact) mass is 354 g/mol. The van der Waals surface area contributed by atoms with E-state index < -0.39 is 0 Å². The third kappa shape index (κ3) is 4.34. The summed E-state index contributed by atoms with van der Waals surface area (Å²) in [6, 6.07) is 7.65. The maximum atomic E-state index is 12.2. The molecule has 1 aliphatic carbocycles. The van der Waals surface area contributed by atoms with Crippen LogP contribution in [0.5, 0.6) is 0 Å². The van der Waals surface area contributed by atoms with Crippen molar-refractivity contribution < 1.29 is 4.79 Å². The predicted molar refractivity (Wildman–Crippen MR) is 92.0 cm³/mol. The van der Waals surface area contributed by atoms with Crippen LogP contribution in [0.2, 0.25) is 5.02 Å². The summed E-state index contributed by atoms with van der Waals surface area (Å²) < 4.78 is 0.789. The van der Waals surface area contributed by atoms with Crippen molar-refractivity contribution in [3.63, 3.8) is 0 Å². The smallest absolute Gasteiger partial charge is 0.237 e. The Morgan fingerprint density at radius 3 is 3.00 bits per heavy atom. The lowest BCUT2D eigenvalue weighted by atomic mass is 10.3. The number of nitrogens with zero attached hydrogens (tertiary/aromatic N) is 2. The molecular formula is C14H15ClN4OS2. The maximum absolute atomic E-state index is 12.2. The van der Waals surface area contributed by atoms with Gasteiger partial charge >= 0.3 is 0 Å². The third-order valence-corrected chi connectivity index (χ3v) is 5.32. The molecule has 0 aliphatic heterocycles. The zero-order valence-electron chi connectivity index (χ0n) is 11.9. The summed E-state index contributed by atoms with van der Waals surface area (Å²) in [5.41, 5.74) is 0.693. The third-order valence-electron chi connectivity index (χ3n) is 3.05. The Bertz CT molecular complexity index is 674. The summed E-state index contributed by atoms with van der Waals surface area (Å²) in [7, 11) is 0. The lowest BCUT2D eigenvalue weighted by molar-refractivity contribution is -0.115. The minimum atomic E-state index is -0.263. The van der Waals surface area contributed by atoms with Crippen LogP contribution in [0.1, 0.15) is 19.8 Å². The lowest BCUT2D eigenvalue weighted by Gasteiger charge is -2.10. The first-order chi connectivity index (χ1) is 10.6. The number of anilines is 2. The molecule has 0 bridgehead atoms. The minimum Gasteiger partial charge on any atom is -0.357 e.